The summed E-state index contributed by atoms with van der Waals surface area (Å²) in [6.07, 6.45) is 1.93. The van der Waals surface area contributed by atoms with Crippen LogP contribution in [-0.4, -0.2) is 24.0 Å². The zero-order valence-corrected chi connectivity index (χ0v) is 9.16. The number of halogens is 2. The molecule has 0 aromatic heterocycles. The lowest BCUT2D eigenvalue weighted by Crippen LogP contribution is -2.55. The van der Waals surface area contributed by atoms with Gasteiger partial charge in [0.25, 0.3) is 0 Å². The molecule has 1 heterocycles. The van der Waals surface area contributed by atoms with E-state index in [9.17, 15) is 0 Å². The Hall–Kier alpha value is 0.540. The van der Waals surface area contributed by atoms with Gasteiger partial charge in [-0.2, -0.15) is 0 Å². The quantitative estimate of drug-likeness (QED) is 0.649. The highest BCUT2D eigenvalue weighted by atomic mass is 35.5. The molecule has 1 aliphatic rings. The van der Waals surface area contributed by atoms with Gasteiger partial charge in [0.05, 0.1) is 13.2 Å². The molecule has 12 heavy (non-hydrogen) atoms. The molecule has 3 heteroatoms. The van der Waals surface area contributed by atoms with Gasteiger partial charge < -0.3 is 4.74 Å². The second-order valence-corrected chi connectivity index (χ2v) is 4.53. The first-order valence-electron chi connectivity index (χ1n) is 4.53. The van der Waals surface area contributed by atoms with Crippen LogP contribution >= 0.6 is 23.2 Å². The highest BCUT2D eigenvalue weighted by Gasteiger charge is 2.48. The largest absolute Gasteiger partial charge is 0.380 e. The van der Waals surface area contributed by atoms with Crippen LogP contribution in [0.1, 0.15) is 26.7 Å². The summed E-state index contributed by atoms with van der Waals surface area (Å²) in [4.78, 5) is 0. The Bertz CT molecular complexity index is 133. The molecule has 0 radical (unpaired) electrons. The molecular weight excluding hydrogens is 195 g/mol. The van der Waals surface area contributed by atoms with Gasteiger partial charge in [0.1, 0.15) is 0 Å². The summed E-state index contributed by atoms with van der Waals surface area (Å²) in [5.74, 6) is 0. The third-order valence-corrected chi connectivity index (χ3v) is 4.19. The normalized spacial score (nSPS) is 26.0. The molecule has 2 atom stereocenters. The monoisotopic (exact) mass is 210 g/mol. The topological polar surface area (TPSA) is 9.23 Å². The molecule has 0 aromatic rings. The summed E-state index contributed by atoms with van der Waals surface area (Å²) in [6.45, 7) is 5.65. The molecule has 1 aliphatic heterocycles. The SMILES string of the molecule is CCC(Cl)C1(C(Cl)CC)COC1. The van der Waals surface area contributed by atoms with Gasteiger partial charge in [0.15, 0.2) is 0 Å². The van der Waals surface area contributed by atoms with Crippen molar-refractivity contribution in [2.75, 3.05) is 13.2 Å². The Morgan fingerprint density at radius 2 is 1.58 bits per heavy atom. The minimum Gasteiger partial charge on any atom is -0.380 e. The molecule has 1 fully saturated rings. The third kappa shape index (κ3) is 1.59. The minimum absolute atomic E-state index is 0.0482. The summed E-state index contributed by atoms with van der Waals surface area (Å²) < 4.78 is 5.22. The first-order valence-corrected chi connectivity index (χ1v) is 5.40. The van der Waals surface area contributed by atoms with E-state index in [1.165, 1.54) is 0 Å². The van der Waals surface area contributed by atoms with Crippen LogP contribution in [0, 0.1) is 5.41 Å². The Kier molecular flexibility index (Phi) is 3.69. The van der Waals surface area contributed by atoms with E-state index in [1.54, 1.807) is 0 Å². The van der Waals surface area contributed by atoms with Crippen molar-refractivity contribution in [3.63, 3.8) is 0 Å². The average Bonchev–Trinajstić information content (AvgIpc) is 2.01. The summed E-state index contributed by atoms with van der Waals surface area (Å²) in [5, 5.41) is 0.322. The van der Waals surface area contributed by atoms with Gasteiger partial charge in [-0.05, 0) is 12.8 Å². The summed E-state index contributed by atoms with van der Waals surface area (Å²) in [5.41, 5.74) is 0.0482. The fourth-order valence-corrected chi connectivity index (χ4v) is 2.33. The maximum atomic E-state index is 6.23. The fraction of sp³-hybridized carbons (Fsp3) is 1.00. The molecule has 0 aliphatic carbocycles. The molecule has 1 nitrogen and oxygen atoms in total. The van der Waals surface area contributed by atoms with Gasteiger partial charge in [-0.15, -0.1) is 23.2 Å². The maximum Gasteiger partial charge on any atom is 0.0573 e. The van der Waals surface area contributed by atoms with Gasteiger partial charge in [-0.3, -0.25) is 0 Å². The first-order chi connectivity index (χ1) is 5.67. The van der Waals surface area contributed by atoms with Gasteiger partial charge in [0.2, 0.25) is 0 Å². The number of hydrogen-bond donors (Lipinski definition) is 0. The lowest BCUT2D eigenvalue weighted by Gasteiger charge is -2.47. The average molecular weight is 211 g/mol. The van der Waals surface area contributed by atoms with E-state index in [-0.39, 0.29) is 16.2 Å². The minimum atomic E-state index is 0.0482. The summed E-state index contributed by atoms with van der Waals surface area (Å²) in [7, 11) is 0. The van der Waals surface area contributed by atoms with Gasteiger partial charge in [0, 0.05) is 16.2 Å². The molecule has 0 amide bonds. The molecular formula is C9H16Cl2O. The van der Waals surface area contributed by atoms with E-state index in [1.807, 2.05) is 0 Å². The maximum absolute atomic E-state index is 6.23. The lowest BCUT2D eigenvalue weighted by molar-refractivity contribution is -0.117. The molecule has 0 N–H and O–H groups in total. The van der Waals surface area contributed by atoms with Crippen molar-refractivity contribution in [1.29, 1.82) is 0 Å². The van der Waals surface area contributed by atoms with E-state index in [0.29, 0.717) is 0 Å². The van der Waals surface area contributed by atoms with Gasteiger partial charge in [-0.1, -0.05) is 13.8 Å². The van der Waals surface area contributed by atoms with Crippen molar-refractivity contribution in [1.82, 2.24) is 0 Å². The van der Waals surface area contributed by atoms with E-state index < -0.39 is 0 Å². The second kappa shape index (κ2) is 4.17. The lowest BCUT2D eigenvalue weighted by atomic mass is 9.77. The van der Waals surface area contributed by atoms with Crippen LogP contribution in [0.5, 0.6) is 0 Å². The molecule has 2 unspecified atom stereocenters. The zero-order chi connectivity index (χ0) is 9.19. The van der Waals surface area contributed by atoms with Crippen molar-refractivity contribution < 1.29 is 4.74 Å². The molecule has 1 saturated heterocycles. The predicted octanol–water partition coefficient (Wildman–Crippen LogP) is 3.04. The first kappa shape index (κ1) is 10.6. The Balaban J connectivity index is 2.61. The second-order valence-electron chi connectivity index (χ2n) is 3.48. The van der Waals surface area contributed by atoms with Crippen molar-refractivity contribution in [2.24, 2.45) is 5.41 Å². The molecule has 72 valence electrons. The molecule has 0 bridgehead atoms. The van der Waals surface area contributed by atoms with E-state index in [4.69, 9.17) is 27.9 Å². The van der Waals surface area contributed by atoms with E-state index in [2.05, 4.69) is 13.8 Å². The molecule has 0 aromatic carbocycles. The van der Waals surface area contributed by atoms with Crippen LogP contribution in [0.25, 0.3) is 0 Å². The Morgan fingerprint density at radius 3 is 1.75 bits per heavy atom. The number of hydrogen-bond acceptors (Lipinski definition) is 1. The van der Waals surface area contributed by atoms with Crippen LogP contribution < -0.4 is 0 Å². The highest BCUT2D eigenvalue weighted by Crippen LogP contribution is 2.43. The molecule has 1 rings (SSSR count). The van der Waals surface area contributed by atoms with Crippen molar-refractivity contribution >= 4 is 23.2 Å². The molecule has 0 spiro atoms. The Labute approximate surface area is 84.4 Å². The van der Waals surface area contributed by atoms with Gasteiger partial charge in [-0.25, -0.2) is 0 Å². The number of rotatable bonds is 4. The van der Waals surface area contributed by atoms with E-state index in [0.717, 1.165) is 26.1 Å². The van der Waals surface area contributed by atoms with Crippen molar-refractivity contribution in [3.05, 3.63) is 0 Å². The van der Waals surface area contributed by atoms with Crippen LogP contribution in [0.4, 0.5) is 0 Å². The standard InChI is InChI=1S/C9H16Cl2O/c1-3-7(10)9(5-12-6-9)8(11)4-2/h7-8H,3-6H2,1-2H3. The fourth-order valence-electron chi connectivity index (χ4n) is 1.71. The Morgan fingerprint density at radius 1 is 1.17 bits per heavy atom. The molecule has 0 saturated carbocycles. The summed E-state index contributed by atoms with van der Waals surface area (Å²) in [6, 6.07) is 0. The number of alkyl halides is 2. The van der Waals surface area contributed by atoms with Crippen LogP contribution in [0.2, 0.25) is 0 Å². The zero-order valence-electron chi connectivity index (χ0n) is 7.65. The van der Waals surface area contributed by atoms with Crippen molar-refractivity contribution in [2.45, 2.75) is 37.4 Å². The van der Waals surface area contributed by atoms with Crippen LogP contribution in [0.15, 0.2) is 0 Å². The van der Waals surface area contributed by atoms with Crippen LogP contribution in [-0.2, 0) is 4.74 Å². The predicted molar refractivity (Wildman–Crippen MR) is 53.1 cm³/mol. The summed E-state index contributed by atoms with van der Waals surface area (Å²) >= 11 is 12.5. The highest BCUT2D eigenvalue weighted by molar-refractivity contribution is 6.24. The number of ether oxygens (including phenoxy) is 1. The van der Waals surface area contributed by atoms with Crippen molar-refractivity contribution in [3.8, 4) is 0 Å². The van der Waals surface area contributed by atoms with Gasteiger partial charge >= 0.3 is 0 Å². The smallest absolute Gasteiger partial charge is 0.0573 e. The van der Waals surface area contributed by atoms with E-state index >= 15 is 0 Å². The van der Waals surface area contributed by atoms with Crippen LogP contribution in [0.3, 0.4) is 0 Å². The third-order valence-electron chi connectivity index (χ3n) is 2.71.